The molecule has 0 bridgehead atoms. The van der Waals surface area contributed by atoms with Gasteiger partial charge >= 0.3 is 6.18 Å². The van der Waals surface area contributed by atoms with Crippen LogP contribution in [0.2, 0.25) is 28.2 Å². The van der Waals surface area contributed by atoms with E-state index in [0.717, 1.165) is 18.1 Å². The third kappa shape index (κ3) is 5.04. The van der Waals surface area contributed by atoms with Gasteiger partial charge in [-0.2, -0.15) is 13.2 Å². The molecule has 9 heteroatoms. The van der Waals surface area contributed by atoms with E-state index in [-0.39, 0.29) is 25.9 Å². The van der Waals surface area contributed by atoms with Gasteiger partial charge in [0.25, 0.3) is 0 Å². The van der Waals surface area contributed by atoms with Crippen LogP contribution in [0.4, 0.5) is 13.2 Å². The Bertz CT molecular complexity index is 624. The van der Waals surface area contributed by atoms with Crippen molar-refractivity contribution >= 4 is 31.5 Å². The largest absolute Gasteiger partial charge is 0.409 e. The van der Waals surface area contributed by atoms with Crippen molar-refractivity contribution in [3.8, 4) is 0 Å². The van der Waals surface area contributed by atoms with Crippen molar-refractivity contribution in [2.45, 2.75) is 70.4 Å². The van der Waals surface area contributed by atoms with E-state index in [1.54, 1.807) is 0 Å². The van der Waals surface area contributed by atoms with E-state index in [4.69, 9.17) is 27.6 Å². The molecule has 3 nitrogen and oxygen atoms in total. The Morgan fingerprint density at radius 1 is 1.14 bits per heavy atom. The summed E-state index contributed by atoms with van der Waals surface area (Å²) < 4.78 is 46.9. The highest BCUT2D eigenvalue weighted by atomic mass is 35.5. The van der Waals surface area contributed by atoms with E-state index in [1.165, 1.54) is 12.4 Å². The predicted molar refractivity (Wildman–Crippen MR) is 110 cm³/mol. The molecule has 28 heavy (non-hydrogen) atoms. The van der Waals surface area contributed by atoms with E-state index >= 15 is 0 Å². The Labute approximate surface area is 176 Å². The zero-order valence-electron chi connectivity index (χ0n) is 16.6. The highest BCUT2D eigenvalue weighted by Gasteiger charge is 2.57. The molecule has 1 unspecified atom stereocenters. The van der Waals surface area contributed by atoms with Crippen LogP contribution >= 0.6 is 23.2 Å². The van der Waals surface area contributed by atoms with Gasteiger partial charge in [0.05, 0.1) is 21.6 Å². The average molecular weight is 457 g/mol. The maximum absolute atomic E-state index is 13.5. The number of nitrogens with one attached hydrogen (secondary N) is 1. The van der Waals surface area contributed by atoms with Crippen molar-refractivity contribution in [2.24, 2.45) is 5.41 Å². The summed E-state index contributed by atoms with van der Waals surface area (Å²) in [7, 11) is -2.04. The summed E-state index contributed by atoms with van der Waals surface area (Å²) in [6.07, 6.45) is -0.757. The molecule has 1 aromatic rings. The number of pyridine rings is 1. The first-order valence-corrected chi connectivity index (χ1v) is 13.2. The third-order valence-corrected chi connectivity index (χ3v) is 11.5. The fraction of sp³-hybridized carbons (Fsp3) is 0.737. The lowest BCUT2D eigenvalue weighted by atomic mass is 9.68. The zero-order valence-corrected chi connectivity index (χ0v) is 19.1. The minimum absolute atomic E-state index is 0.115. The van der Waals surface area contributed by atoms with Gasteiger partial charge in [-0.25, -0.2) is 0 Å². The van der Waals surface area contributed by atoms with E-state index in [2.05, 4.69) is 31.1 Å². The SMILES string of the molecule is CC[Si](CC)(CC)OC(CNCC1(C(F)(F)F)CCC1)c1c(Cl)cncc1Cl. The molecule has 1 aromatic heterocycles. The second kappa shape index (κ2) is 9.64. The molecule has 1 heterocycles. The van der Waals surface area contributed by atoms with Gasteiger partial charge in [-0.05, 0) is 31.0 Å². The predicted octanol–water partition coefficient (Wildman–Crippen LogP) is 6.77. The summed E-state index contributed by atoms with van der Waals surface area (Å²) in [5.74, 6) is 0. The first-order chi connectivity index (χ1) is 13.1. The standard InChI is InChI=1S/C19H29Cl2F3N2OSi/c1-4-28(5-2,6-3)27-16(17-14(20)10-25-11-15(17)21)12-26-13-18(8-7-9-18)19(22,23)24/h10-11,16,26H,4-9,12-13H2,1-3H3. The van der Waals surface area contributed by atoms with Crippen LogP contribution in [0.25, 0.3) is 0 Å². The molecule has 1 aliphatic carbocycles. The number of halogens is 5. The van der Waals surface area contributed by atoms with Gasteiger partial charge in [0, 0.05) is 31.0 Å². The van der Waals surface area contributed by atoms with Crippen molar-refractivity contribution in [1.29, 1.82) is 0 Å². The van der Waals surface area contributed by atoms with E-state index in [0.29, 0.717) is 22.0 Å². The molecule has 0 spiro atoms. The summed E-state index contributed by atoms with van der Waals surface area (Å²) >= 11 is 12.7. The highest BCUT2D eigenvalue weighted by molar-refractivity contribution is 6.73. The molecular weight excluding hydrogens is 428 g/mol. The van der Waals surface area contributed by atoms with E-state index in [1.807, 2.05) is 0 Å². The van der Waals surface area contributed by atoms with Crippen molar-refractivity contribution in [3.05, 3.63) is 28.0 Å². The van der Waals surface area contributed by atoms with Crippen LogP contribution in [0.3, 0.4) is 0 Å². The van der Waals surface area contributed by atoms with Crippen molar-refractivity contribution in [1.82, 2.24) is 10.3 Å². The van der Waals surface area contributed by atoms with Crippen LogP contribution in [0.1, 0.15) is 51.7 Å². The van der Waals surface area contributed by atoms with E-state index < -0.39 is 26.0 Å². The molecule has 0 aliphatic heterocycles. The lowest BCUT2D eigenvalue weighted by Gasteiger charge is -2.43. The molecule has 1 N–H and O–H groups in total. The third-order valence-electron chi connectivity index (χ3n) is 6.24. The van der Waals surface area contributed by atoms with E-state index in [9.17, 15) is 13.2 Å². The second-order valence-electron chi connectivity index (χ2n) is 7.63. The molecule has 1 atom stereocenters. The Kier molecular flexibility index (Phi) is 8.24. The van der Waals surface area contributed by atoms with Crippen LogP contribution in [0.15, 0.2) is 12.4 Å². The number of hydrogen-bond donors (Lipinski definition) is 1. The lowest BCUT2D eigenvalue weighted by molar-refractivity contribution is -0.248. The van der Waals surface area contributed by atoms with Crippen LogP contribution in [-0.4, -0.2) is 32.6 Å². The van der Waals surface area contributed by atoms with Gasteiger partial charge in [0.15, 0.2) is 8.32 Å². The highest BCUT2D eigenvalue weighted by Crippen LogP contribution is 2.52. The summed E-state index contributed by atoms with van der Waals surface area (Å²) in [6.45, 7) is 6.43. The maximum atomic E-state index is 13.5. The monoisotopic (exact) mass is 456 g/mol. The first kappa shape index (κ1) is 23.9. The summed E-state index contributed by atoms with van der Waals surface area (Å²) in [5.41, 5.74) is -1.02. The van der Waals surface area contributed by atoms with Crippen molar-refractivity contribution in [2.75, 3.05) is 13.1 Å². The molecular formula is C19H29Cl2F3N2OSi. The number of rotatable bonds is 10. The Morgan fingerprint density at radius 3 is 2.07 bits per heavy atom. The van der Waals surface area contributed by atoms with Gasteiger partial charge in [-0.3, -0.25) is 4.98 Å². The zero-order chi connectivity index (χ0) is 21.0. The van der Waals surface area contributed by atoms with Crippen molar-refractivity contribution < 1.29 is 17.6 Å². The van der Waals surface area contributed by atoms with Crippen LogP contribution in [0.5, 0.6) is 0 Å². The fourth-order valence-corrected chi connectivity index (χ4v) is 7.25. The maximum Gasteiger partial charge on any atom is 0.395 e. The summed E-state index contributed by atoms with van der Waals surface area (Å²) in [5, 5.41) is 3.77. The van der Waals surface area contributed by atoms with Gasteiger partial charge in [0.2, 0.25) is 0 Å². The minimum atomic E-state index is -4.20. The molecule has 0 amide bonds. The summed E-state index contributed by atoms with van der Waals surface area (Å²) in [6, 6.07) is 2.76. The first-order valence-electron chi connectivity index (χ1n) is 9.88. The topological polar surface area (TPSA) is 34.1 Å². The van der Waals surface area contributed by atoms with Gasteiger partial charge in [0.1, 0.15) is 0 Å². The average Bonchev–Trinajstić information content (AvgIpc) is 2.60. The van der Waals surface area contributed by atoms with Gasteiger partial charge < -0.3 is 9.74 Å². The number of hydrogen-bond acceptors (Lipinski definition) is 3. The molecule has 0 saturated heterocycles. The minimum Gasteiger partial charge on any atom is -0.409 e. The van der Waals surface area contributed by atoms with Crippen LogP contribution in [-0.2, 0) is 4.43 Å². The molecule has 0 aromatic carbocycles. The smallest absolute Gasteiger partial charge is 0.395 e. The lowest BCUT2D eigenvalue weighted by Crippen LogP contribution is -2.51. The molecule has 160 valence electrons. The second-order valence-corrected chi connectivity index (χ2v) is 13.2. The van der Waals surface area contributed by atoms with Crippen LogP contribution < -0.4 is 5.32 Å². The quantitative estimate of drug-likeness (QED) is 0.394. The molecule has 1 aliphatic rings. The Hall–Kier alpha value is -0.343. The molecule has 0 radical (unpaired) electrons. The molecule has 1 saturated carbocycles. The van der Waals surface area contributed by atoms with Gasteiger partial charge in [-0.15, -0.1) is 0 Å². The number of aromatic nitrogens is 1. The summed E-state index contributed by atoms with van der Waals surface area (Å²) in [4.78, 5) is 3.98. The fourth-order valence-electron chi connectivity index (χ4n) is 3.84. The number of nitrogens with zero attached hydrogens (tertiary/aromatic N) is 1. The normalized spacial score (nSPS) is 18.0. The van der Waals surface area contributed by atoms with Crippen LogP contribution in [0, 0.1) is 5.41 Å². The van der Waals surface area contributed by atoms with Gasteiger partial charge in [-0.1, -0.05) is 50.4 Å². The molecule has 2 rings (SSSR count). The number of alkyl halides is 3. The van der Waals surface area contributed by atoms with Crippen molar-refractivity contribution in [3.63, 3.8) is 0 Å². The Morgan fingerprint density at radius 2 is 1.68 bits per heavy atom. The molecule has 1 fully saturated rings. The Balaban J connectivity index is 2.22.